The van der Waals surface area contributed by atoms with E-state index < -0.39 is 0 Å². The van der Waals surface area contributed by atoms with Gasteiger partial charge in [-0.2, -0.15) is 0 Å². The number of benzene rings is 1. The maximum Gasteiger partial charge on any atom is 0.216 e. The smallest absolute Gasteiger partial charge is 0.216 e. The topological polar surface area (TPSA) is 52.6 Å². The maximum atomic E-state index is 13.2. The number of amides is 1. The van der Waals surface area contributed by atoms with Crippen molar-refractivity contribution in [1.29, 1.82) is 0 Å². The highest BCUT2D eigenvalue weighted by molar-refractivity contribution is 5.72. The van der Waals surface area contributed by atoms with Crippen LogP contribution in [0.3, 0.4) is 0 Å². The normalized spacial score (nSPS) is 17.1. The van der Waals surface area contributed by atoms with Crippen molar-refractivity contribution in [2.75, 3.05) is 19.6 Å². The van der Waals surface area contributed by atoms with Gasteiger partial charge < -0.3 is 10.4 Å². The Hall–Kier alpha value is -1.62. The molecule has 0 spiro atoms. The molecule has 0 radical (unpaired) electrons. The van der Waals surface area contributed by atoms with E-state index in [2.05, 4.69) is 10.2 Å². The van der Waals surface area contributed by atoms with Gasteiger partial charge in [0.2, 0.25) is 5.91 Å². The van der Waals surface area contributed by atoms with Crippen LogP contribution in [-0.2, 0) is 11.3 Å². The molecule has 110 valence electrons. The van der Waals surface area contributed by atoms with Gasteiger partial charge in [-0.25, -0.2) is 4.39 Å². The molecule has 1 aromatic carbocycles. The quantitative estimate of drug-likeness (QED) is 0.885. The number of aromatic hydroxyl groups is 1. The predicted octanol–water partition coefficient (Wildman–Crippen LogP) is 1.88. The van der Waals surface area contributed by atoms with Crippen LogP contribution in [0.4, 0.5) is 4.39 Å². The summed E-state index contributed by atoms with van der Waals surface area (Å²) in [6.07, 6.45) is 2.02. The fraction of sp³-hybridized carbons (Fsp3) is 0.533. The average Bonchev–Trinajstić information content (AvgIpc) is 2.42. The molecule has 1 heterocycles. The van der Waals surface area contributed by atoms with Crippen molar-refractivity contribution in [2.24, 2.45) is 5.92 Å². The van der Waals surface area contributed by atoms with Crippen molar-refractivity contribution >= 4 is 5.91 Å². The van der Waals surface area contributed by atoms with Crippen molar-refractivity contribution < 1.29 is 14.3 Å². The first-order chi connectivity index (χ1) is 9.54. The van der Waals surface area contributed by atoms with Crippen molar-refractivity contribution in [3.05, 3.63) is 29.6 Å². The van der Waals surface area contributed by atoms with Crippen LogP contribution in [0.2, 0.25) is 0 Å². The number of halogens is 1. The highest BCUT2D eigenvalue weighted by atomic mass is 19.1. The number of nitrogens with one attached hydrogen (secondary N) is 1. The van der Waals surface area contributed by atoms with Gasteiger partial charge in [-0.05, 0) is 50.0 Å². The van der Waals surface area contributed by atoms with Gasteiger partial charge in [0, 0.05) is 25.6 Å². The zero-order valence-electron chi connectivity index (χ0n) is 11.7. The molecular weight excluding hydrogens is 259 g/mol. The number of carbonyl (C=O) groups is 1. The number of hydrogen-bond acceptors (Lipinski definition) is 3. The van der Waals surface area contributed by atoms with E-state index in [4.69, 9.17) is 0 Å². The van der Waals surface area contributed by atoms with E-state index in [1.54, 1.807) is 0 Å². The third-order valence-electron chi connectivity index (χ3n) is 3.78. The van der Waals surface area contributed by atoms with Gasteiger partial charge in [0.1, 0.15) is 11.6 Å². The molecule has 1 aliphatic heterocycles. The molecule has 1 aliphatic rings. The second-order valence-corrected chi connectivity index (χ2v) is 5.43. The molecule has 0 unspecified atom stereocenters. The molecule has 0 aliphatic carbocycles. The molecule has 1 fully saturated rings. The summed E-state index contributed by atoms with van der Waals surface area (Å²) in [6.45, 7) is 4.63. The minimum atomic E-state index is -0.321. The Bertz CT molecular complexity index is 471. The van der Waals surface area contributed by atoms with Crippen molar-refractivity contribution in [2.45, 2.75) is 26.3 Å². The monoisotopic (exact) mass is 280 g/mol. The molecule has 2 rings (SSSR count). The molecule has 2 N–H and O–H groups in total. The minimum Gasteiger partial charge on any atom is -0.508 e. The molecule has 1 saturated heterocycles. The molecule has 0 saturated carbocycles. The van der Waals surface area contributed by atoms with Gasteiger partial charge in [-0.3, -0.25) is 9.69 Å². The fourth-order valence-corrected chi connectivity index (χ4v) is 2.56. The minimum absolute atomic E-state index is 0.0112. The van der Waals surface area contributed by atoms with E-state index >= 15 is 0 Å². The first-order valence-electron chi connectivity index (χ1n) is 6.99. The Labute approximate surface area is 118 Å². The summed E-state index contributed by atoms with van der Waals surface area (Å²) in [7, 11) is 0. The van der Waals surface area contributed by atoms with E-state index in [9.17, 15) is 14.3 Å². The van der Waals surface area contributed by atoms with E-state index in [0.717, 1.165) is 32.5 Å². The number of rotatable bonds is 4. The van der Waals surface area contributed by atoms with Gasteiger partial charge in [-0.1, -0.05) is 0 Å². The van der Waals surface area contributed by atoms with Crippen molar-refractivity contribution in [3.8, 4) is 5.75 Å². The molecule has 1 aromatic rings. The Morgan fingerprint density at radius 1 is 1.45 bits per heavy atom. The van der Waals surface area contributed by atoms with Gasteiger partial charge in [0.15, 0.2) is 0 Å². The van der Waals surface area contributed by atoms with Gasteiger partial charge >= 0.3 is 0 Å². The van der Waals surface area contributed by atoms with Crippen LogP contribution in [0, 0.1) is 11.7 Å². The zero-order valence-corrected chi connectivity index (χ0v) is 11.7. The van der Waals surface area contributed by atoms with Gasteiger partial charge in [0.05, 0.1) is 0 Å². The summed E-state index contributed by atoms with van der Waals surface area (Å²) in [5, 5.41) is 12.6. The Morgan fingerprint density at radius 2 is 2.15 bits per heavy atom. The summed E-state index contributed by atoms with van der Waals surface area (Å²) >= 11 is 0. The first-order valence-corrected chi connectivity index (χ1v) is 6.99. The Balaban J connectivity index is 1.82. The summed E-state index contributed by atoms with van der Waals surface area (Å²) < 4.78 is 13.2. The largest absolute Gasteiger partial charge is 0.508 e. The zero-order chi connectivity index (χ0) is 14.5. The third kappa shape index (κ3) is 4.20. The third-order valence-corrected chi connectivity index (χ3v) is 3.78. The lowest BCUT2D eigenvalue weighted by atomic mass is 9.96. The van der Waals surface area contributed by atoms with Crippen LogP contribution in [-0.4, -0.2) is 35.5 Å². The lowest BCUT2D eigenvalue weighted by Crippen LogP contribution is -2.37. The summed E-state index contributed by atoms with van der Waals surface area (Å²) in [4.78, 5) is 13.1. The highest BCUT2D eigenvalue weighted by Gasteiger charge is 2.20. The number of hydrogen-bond donors (Lipinski definition) is 2. The molecule has 0 atom stereocenters. The van der Waals surface area contributed by atoms with Crippen LogP contribution in [0.1, 0.15) is 25.3 Å². The van der Waals surface area contributed by atoms with E-state index in [-0.39, 0.29) is 17.5 Å². The Morgan fingerprint density at radius 3 is 2.80 bits per heavy atom. The maximum absolute atomic E-state index is 13.2. The van der Waals surface area contributed by atoms with Gasteiger partial charge in [0.25, 0.3) is 0 Å². The summed E-state index contributed by atoms with van der Waals surface area (Å²) in [6, 6.07) is 4.05. The summed E-state index contributed by atoms with van der Waals surface area (Å²) in [5.41, 5.74) is 0.630. The molecular formula is C15H21FN2O2. The number of phenols is 1. The standard InChI is InChI=1S/C15H21FN2O2/c1-11(19)17-9-12-4-6-18(7-5-12)10-13-8-14(16)2-3-15(13)20/h2-3,8,12,20H,4-7,9-10H2,1H3,(H,17,19). The molecule has 20 heavy (non-hydrogen) atoms. The lowest BCUT2D eigenvalue weighted by Gasteiger charge is -2.32. The highest BCUT2D eigenvalue weighted by Crippen LogP contribution is 2.23. The lowest BCUT2D eigenvalue weighted by molar-refractivity contribution is -0.119. The second-order valence-electron chi connectivity index (χ2n) is 5.43. The SMILES string of the molecule is CC(=O)NCC1CCN(Cc2cc(F)ccc2O)CC1. The molecule has 0 aromatic heterocycles. The van der Waals surface area contributed by atoms with Crippen LogP contribution < -0.4 is 5.32 Å². The molecule has 5 heteroatoms. The second kappa shape index (κ2) is 6.70. The number of piperidine rings is 1. The van der Waals surface area contributed by atoms with Crippen molar-refractivity contribution in [3.63, 3.8) is 0 Å². The molecule has 4 nitrogen and oxygen atoms in total. The molecule has 1 amide bonds. The number of phenolic OH excluding ortho intramolecular Hbond substituents is 1. The number of carbonyl (C=O) groups excluding carboxylic acids is 1. The Kier molecular flexibility index (Phi) is 4.95. The molecule has 0 bridgehead atoms. The number of nitrogens with zero attached hydrogens (tertiary/aromatic N) is 1. The van der Waals surface area contributed by atoms with E-state index in [1.807, 2.05) is 0 Å². The van der Waals surface area contributed by atoms with Crippen LogP contribution in [0.25, 0.3) is 0 Å². The number of likely N-dealkylation sites (tertiary alicyclic amines) is 1. The van der Waals surface area contributed by atoms with Crippen LogP contribution >= 0.6 is 0 Å². The van der Waals surface area contributed by atoms with Crippen LogP contribution in [0.5, 0.6) is 5.75 Å². The van der Waals surface area contributed by atoms with Crippen molar-refractivity contribution in [1.82, 2.24) is 10.2 Å². The van der Waals surface area contributed by atoms with E-state index in [0.29, 0.717) is 18.0 Å². The average molecular weight is 280 g/mol. The van der Waals surface area contributed by atoms with Gasteiger partial charge in [-0.15, -0.1) is 0 Å². The predicted molar refractivity (Wildman–Crippen MR) is 74.7 cm³/mol. The summed E-state index contributed by atoms with van der Waals surface area (Å²) in [5.74, 6) is 0.346. The fourth-order valence-electron chi connectivity index (χ4n) is 2.56. The van der Waals surface area contributed by atoms with E-state index in [1.165, 1.54) is 25.1 Å². The van der Waals surface area contributed by atoms with Crippen LogP contribution in [0.15, 0.2) is 18.2 Å². The first kappa shape index (κ1) is 14.8.